The number of anilines is 1. The molecule has 0 saturated carbocycles. The summed E-state index contributed by atoms with van der Waals surface area (Å²) in [4.78, 5) is 13.2. The minimum atomic E-state index is -0.262. The van der Waals surface area contributed by atoms with E-state index < -0.39 is 0 Å². The summed E-state index contributed by atoms with van der Waals surface area (Å²) in [6.45, 7) is 2.60. The highest BCUT2D eigenvalue weighted by atomic mass is 19.1. The lowest BCUT2D eigenvalue weighted by Gasteiger charge is -2.34. The lowest BCUT2D eigenvalue weighted by Crippen LogP contribution is -2.43. The van der Waals surface area contributed by atoms with Gasteiger partial charge in [-0.15, -0.1) is 0 Å². The van der Waals surface area contributed by atoms with Crippen LogP contribution < -0.4 is 16.0 Å². The topological polar surface area (TPSA) is 58.4 Å². The number of amides is 1. The van der Waals surface area contributed by atoms with Crippen molar-refractivity contribution in [1.29, 1.82) is 0 Å². The monoisotopic (exact) mass is 341 g/mol. The van der Waals surface area contributed by atoms with Crippen LogP contribution in [0.2, 0.25) is 0 Å². The maximum Gasteiger partial charge on any atom is 0.218 e. The predicted octanol–water partition coefficient (Wildman–Crippen LogP) is 2.93. The Morgan fingerprint density at radius 1 is 1.12 bits per heavy atom. The van der Waals surface area contributed by atoms with Crippen LogP contribution in [-0.2, 0) is 4.79 Å². The van der Waals surface area contributed by atoms with Crippen LogP contribution in [-0.4, -0.2) is 31.6 Å². The Morgan fingerprint density at radius 2 is 1.84 bits per heavy atom. The summed E-state index contributed by atoms with van der Waals surface area (Å²) in [5.74, 6) is -0.478. The van der Waals surface area contributed by atoms with Crippen LogP contribution in [0.4, 0.5) is 10.1 Å². The molecule has 0 atom stereocenters. The van der Waals surface area contributed by atoms with Crippen molar-refractivity contribution in [3.8, 4) is 11.1 Å². The molecular formula is C20H24FN3O. The van der Waals surface area contributed by atoms with Gasteiger partial charge in [-0.3, -0.25) is 4.79 Å². The molecule has 1 aliphatic heterocycles. The number of hydrogen-bond donors (Lipinski definition) is 2. The molecule has 25 heavy (non-hydrogen) atoms. The van der Waals surface area contributed by atoms with E-state index in [0.717, 1.165) is 37.1 Å². The van der Waals surface area contributed by atoms with Gasteiger partial charge < -0.3 is 16.0 Å². The third-order valence-electron chi connectivity index (χ3n) is 4.69. The second-order valence-corrected chi connectivity index (χ2v) is 6.49. The molecule has 1 amide bonds. The van der Waals surface area contributed by atoms with Gasteiger partial charge in [0.25, 0.3) is 0 Å². The molecule has 2 aromatic carbocycles. The lowest BCUT2D eigenvalue weighted by molar-refractivity contribution is -0.117. The second-order valence-electron chi connectivity index (χ2n) is 6.49. The normalized spacial score (nSPS) is 15.3. The van der Waals surface area contributed by atoms with Gasteiger partial charge in [0, 0.05) is 37.8 Å². The highest BCUT2D eigenvalue weighted by Crippen LogP contribution is 2.27. The van der Waals surface area contributed by atoms with E-state index >= 15 is 0 Å². The smallest absolute Gasteiger partial charge is 0.218 e. The highest BCUT2D eigenvalue weighted by Gasteiger charge is 2.19. The Kier molecular flexibility index (Phi) is 5.66. The van der Waals surface area contributed by atoms with E-state index in [-0.39, 0.29) is 11.7 Å². The van der Waals surface area contributed by atoms with Crippen molar-refractivity contribution in [3.63, 3.8) is 0 Å². The van der Waals surface area contributed by atoms with Gasteiger partial charge in [0.1, 0.15) is 5.82 Å². The average Bonchev–Trinajstić information content (AvgIpc) is 2.63. The van der Waals surface area contributed by atoms with Gasteiger partial charge in [-0.05, 0) is 48.2 Å². The van der Waals surface area contributed by atoms with Crippen molar-refractivity contribution in [2.24, 2.45) is 5.73 Å². The van der Waals surface area contributed by atoms with E-state index in [0.29, 0.717) is 19.0 Å². The number of nitrogens with one attached hydrogen (secondary N) is 1. The molecule has 132 valence electrons. The van der Waals surface area contributed by atoms with Crippen molar-refractivity contribution >= 4 is 11.6 Å². The van der Waals surface area contributed by atoms with E-state index in [2.05, 4.69) is 28.4 Å². The molecule has 1 heterocycles. The minimum Gasteiger partial charge on any atom is -0.371 e. The van der Waals surface area contributed by atoms with Gasteiger partial charge >= 0.3 is 0 Å². The fourth-order valence-electron chi connectivity index (χ4n) is 3.27. The van der Waals surface area contributed by atoms with Crippen LogP contribution in [0, 0.1) is 5.82 Å². The van der Waals surface area contributed by atoms with Gasteiger partial charge in [0.2, 0.25) is 5.91 Å². The molecule has 3 N–H and O–H groups in total. The number of piperidine rings is 1. The molecule has 0 unspecified atom stereocenters. The lowest BCUT2D eigenvalue weighted by atomic mass is 10.0. The molecule has 0 aromatic heterocycles. The van der Waals surface area contributed by atoms with Crippen LogP contribution >= 0.6 is 0 Å². The Morgan fingerprint density at radius 3 is 2.52 bits per heavy atom. The second kappa shape index (κ2) is 8.12. The molecular weight excluding hydrogens is 317 g/mol. The molecule has 0 spiro atoms. The molecule has 0 radical (unpaired) electrons. The molecule has 1 saturated heterocycles. The largest absolute Gasteiger partial charge is 0.371 e. The maximum absolute atomic E-state index is 13.1. The first-order valence-corrected chi connectivity index (χ1v) is 8.74. The number of primary amides is 1. The van der Waals surface area contributed by atoms with Gasteiger partial charge in [-0.25, -0.2) is 4.39 Å². The maximum atomic E-state index is 13.1. The average molecular weight is 341 g/mol. The Labute approximate surface area is 147 Å². The van der Waals surface area contributed by atoms with Gasteiger partial charge in [0.15, 0.2) is 0 Å². The number of nitrogens with zero attached hydrogens (tertiary/aromatic N) is 1. The van der Waals surface area contributed by atoms with Gasteiger partial charge in [-0.1, -0.05) is 24.3 Å². The van der Waals surface area contributed by atoms with Gasteiger partial charge in [0.05, 0.1) is 0 Å². The van der Waals surface area contributed by atoms with Gasteiger partial charge in [-0.2, -0.15) is 0 Å². The first-order chi connectivity index (χ1) is 12.1. The highest BCUT2D eigenvalue weighted by molar-refractivity contribution is 5.73. The third-order valence-corrected chi connectivity index (χ3v) is 4.69. The summed E-state index contributed by atoms with van der Waals surface area (Å²) in [6.07, 6.45) is 2.47. The summed E-state index contributed by atoms with van der Waals surface area (Å²) >= 11 is 0. The number of halogens is 1. The first kappa shape index (κ1) is 17.4. The molecule has 2 aromatic rings. The standard InChI is InChI=1S/C20H24FN3O/c21-17-6-4-15(5-7-17)16-2-1-3-19(14-16)24-12-9-18(10-13-24)23-11-8-20(22)25/h1-7,14,18,23H,8-13H2,(H2,22,25). The molecule has 1 aliphatic rings. The minimum absolute atomic E-state index is 0.217. The van der Waals surface area contributed by atoms with Crippen LogP contribution in [0.1, 0.15) is 19.3 Å². The Hall–Kier alpha value is -2.40. The third kappa shape index (κ3) is 4.79. The van der Waals surface area contributed by atoms with Crippen molar-refractivity contribution in [2.75, 3.05) is 24.5 Å². The summed E-state index contributed by atoms with van der Waals surface area (Å²) < 4.78 is 13.1. The van der Waals surface area contributed by atoms with E-state index in [4.69, 9.17) is 5.73 Å². The summed E-state index contributed by atoms with van der Waals surface area (Å²) in [5, 5.41) is 3.40. The summed E-state index contributed by atoms with van der Waals surface area (Å²) in [5.41, 5.74) is 8.48. The SMILES string of the molecule is NC(=O)CCNC1CCN(c2cccc(-c3ccc(F)cc3)c2)CC1. The van der Waals surface area contributed by atoms with Crippen LogP contribution in [0.15, 0.2) is 48.5 Å². The molecule has 4 nitrogen and oxygen atoms in total. The molecule has 0 bridgehead atoms. The number of hydrogen-bond acceptors (Lipinski definition) is 3. The molecule has 1 fully saturated rings. The number of nitrogens with two attached hydrogens (primary N) is 1. The van der Waals surface area contributed by atoms with E-state index in [1.807, 2.05) is 18.2 Å². The van der Waals surface area contributed by atoms with Crippen LogP contribution in [0.3, 0.4) is 0 Å². The number of rotatable bonds is 6. The quantitative estimate of drug-likeness (QED) is 0.849. The van der Waals surface area contributed by atoms with E-state index in [9.17, 15) is 9.18 Å². The fraction of sp³-hybridized carbons (Fsp3) is 0.350. The predicted molar refractivity (Wildman–Crippen MR) is 98.9 cm³/mol. The molecule has 3 rings (SSSR count). The molecule has 5 heteroatoms. The number of carbonyl (C=O) groups is 1. The first-order valence-electron chi connectivity index (χ1n) is 8.74. The summed E-state index contributed by atoms with van der Waals surface area (Å²) in [7, 11) is 0. The fourth-order valence-corrected chi connectivity index (χ4v) is 3.27. The van der Waals surface area contributed by atoms with Crippen LogP contribution in [0.25, 0.3) is 11.1 Å². The Bertz CT molecular complexity index is 709. The van der Waals surface area contributed by atoms with Crippen molar-refractivity contribution < 1.29 is 9.18 Å². The molecule has 0 aliphatic carbocycles. The van der Waals surface area contributed by atoms with Crippen molar-refractivity contribution in [3.05, 3.63) is 54.3 Å². The van der Waals surface area contributed by atoms with Crippen molar-refractivity contribution in [2.45, 2.75) is 25.3 Å². The van der Waals surface area contributed by atoms with E-state index in [1.165, 1.54) is 17.8 Å². The zero-order valence-corrected chi connectivity index (χ0v) is 14.2. The zero-order chi connectivity index (χ0) is 17.6. The summed E-state index contributed by atoms with van der Waals surface area (Å²) in [6, 6.07) is 15.4. The number of benzene rings is 2. The van der Waals surface area contributed by atoms with E-state index in [1.54, 1.807) is 0 Å². The Balaban J connectivity index is 1.59. The van der Waals surface area contributed by atoms with Crippen molar-refractivity contribution in [1.82, 2.24) is 5.32 Å². The van der Waals surface area contributed by atoms with Crippen LogP contribution in [0.5, 0.6) is 0 Å². The zero-order valence-electron chi connectivity index (χ0n) is 14.2. The number of carbonyl (C=O) groups excluding carboxylic acids is 1.